The number of aryl methyl sites for hydroxylation is 1. The van der Waals surface area contributed by atoms with Crippen molar-refractivity contribution in [2.75, 3.05) is 12.3 Å². The Morgan fingerprint density at radius 1 is 1.13 bits per heavy atom. The number of aliphatic hydroxyl groups excluding tert-OH is 2. The lowest BCUT2D eigenvalue weighted by Gasteiger charge is -2.27. The van der Waals surface area contributed by atoms with Crippen LogP contribution in [0.4, 0.5) is 5.82 Å². The van der Waals surface area contributed by atoms with Crippen LogP contribution in [0, 0.1) is 6.92 Å². The molecule has 172 valence electrons. The lowest BCUT2D eigenvalue weighted by Crippen LogP contribution is -2.34. The second-order valence-electron chi connectivity index (χ2n) is 6.43. The van der Waals surface area contributed by atoms with E-state index in [4.69, 9.17) is 15.0 Å². The van der Waals surface area contributed by atoms with Gasteiger partial charge in [-0.1, -0.05) is 0 Å². The monoisotopic (exact) mass is 503 g/mol. The van der Waals surface area contributed by atoms with E-state index in [1.807, 2.05) is 0 Å². The molecule has 2 aromatic heterocycles. The van der Waals surface area contributed by atoms with Gasteiger partial charge in [0.15, 0.2) is 23.2 Å². The van der Waals surface area contributed by atoms with Crippen molar-refractivity contribution < 1.29 is 55.9 Å². The average molecular weight is 503 g/mol. The fraction of sp³-hybridized carbons (Fsp3) is 0.545. The molecule has 2 fully saturated rings. The Morgan fingerprint density at radius 3 is 2.42 bits per heavy atom. The topological polar surface area (TPSA) is 248 Å². The molecule has 31 heavy (non-hydrogen) atoms. The minimum Gasteiger partial charge on any atom is -0.387 e. The SMILES string of the molecule is Cc1nc2c(N)ncnc2n1[C@@H]1O[C@H](COP2(=O)OP(=O)(O)OP(=O)(O)O2)C(O)[C@@H]1O. The number of imidazole rings is 1. The lowest BCUT2D eigenvalue weighted by molar-refractivity contribution is -0.0515. The first-order valence-corrected chi connectivity index (χ1v) is 12.8. The van der Waals surface area contributed by atoms with Gasteiger partial charge in [0.1, 0.15) is 30.5 Å². The highest BCUT2D eigenvalue weighted by Crippen LogP contribution is 2.80. The van der Waals surface area contributed by atoms with Crippen LogP contribution in [0.2, 0.25) is 0 Å². The fourth-order valence-corrected chi connectivity index (χ4v) is 7.99. The van der Waals surface area contributed by atoms with Gasteiger partial charge in [-0.3, -0.25) is 9.09 Å². The molecule has 2 aliphatic rings. The standard InChI is InChI=1S/C11H16N5O12P3/c1-4-15-6-9(12)13-3-14-10(6)16(4)11-8(18)7(17)5(25-11)2-24-31(23)27-29(19,20)26-30(21,22)28-31/h3,5,7-8,11,17-18H,2H2,1H3,(H,19,20)(H,21,22)(H2,12,13,14)/t5-,7?,8+,11-/m1/s1. The number of fused-ring (bicyclic) bond motifs is 1. The summed E-state index contributed by atoms with van der Waals surface area (Å²) in [7, 11) is -15.5. The van der Waals surface area contributed by atoms with Crippen molar-refractivity contribution in [2.45, 2.75) is 31.5 Å². The van der Waals surface area contributed by atoms with Gasteiger partial charge in [0.25, 0.3) is 0 Å². The van der Waals surface area contributed by atoms with Gasteiger partial charge in [-0.2, -0.15) is 12.9 Å². The van der Waals surface area contributed by atoms with E-state index >= 15 is 0 Å². The van der Waals surface area contributed by atoms with Crippen LogP contribution in [0.3, 0.4) is 0 Å². The summed E-state index contributed by atoms with van der Waals surface area (Å²) in [4.78, 5) is 30.5. The molecule has 3 unspecified atom stereocenters. The number of rotatable bonds is 4. The van der Waals surface area contributed by atoms with Gasteiger partial charge in [0.2, 0.25) is 0 Å². The summed E-state index contributed by atoms with van der Waals surface area (Å²) in [5.74, 6) is 0.389. The second-order valence-corrected chi connectivity index (χ2v) is 11.4. The number of hydrogen-bond donors (Lipinski definition) is 5. The van der Waals surface area contributed by atoms with Gasteiger partial charge in [0.05, 0.1) is 6.61 Å². The average Bonchev–Trinajstić information content (AvgIpc) is 3.08. The maximum atomic E-state index is 12.3. The lowest BCUT2D eigenvalue weighted by atomic mass is 10.1. The number of nitrogen functional groups attached to an aromatic ring is 1. The molecule has 0 saturated carbocycles. The van der Waals surface area contributed by atoms with Crippen molar-refractivity contribution in [3.63, 3.8) is 0 Å². The molecule has 0 aromatic carbocycles. The summed E-state index contributed by atoms with van der Waals surface area (Å²) in [6.07, 6.45) is -4.62. The predicted molar refractivity (Wildman–Crippen MR) is 96.9 cm³/mol. The van der Waals surface area contributed by atoms with Crippen LogP contribution in [-0.2, 0) is 35.9 Å². The Morgan fingerprint density at radius 2 is 1.77 bits per heavy atom. The molecule has 0 bridgehead atoms. The number of aliphatic hydroxyl groups is 2. The highest BCUT2D eigenvalue weighted by molar-refractivity contribution is 7.74. The van der Waals surface area contributed by atoms with Crippen molar-refractivity contribution in [1.29, 1.82) is 0 Å². The summed E-state index contributed by atoms with van der Waals surface area (Å²) < 4.78 is 59.0. The summed E-state index contributed by atoms with van der Waals surface area (Å²) in [5.41, 5.74) is 6.19. The van der Waals surface area contributed by atoms with E-state index in [1.165, 1.54) is 10.9 Å². The molecular formula is C11H16N5O12P3. The fourth-order valence-electron chi connectivity index (χ4n) is 3.06. The summed E-state index contributed by atoms with van der Waals surface area (Å²) in [6.45, 7) is 0.724. The quantitative estimate of drug-likeness (QED) is 0.337. The molecule has 17 nitrogen and oxygen atoms in total. The van der Waals surface area contributed by atoms with Crippen molar-refractivity contribution in [3.8, 4) is 0 Å². The number of hydrogen-bond acceptors (Lipinski definition) is 14. The molecule has 2 saturated heterocycles. The molecule has 2 aliphatic heterocycles. The maximum Gasteiger partial charge on any atom is 0.492 e. The Balaban J connectivity index is 1.55. The molecule has 0 radical (unpaired) electrons. The predicted octanol–water partition coefficient (Wildman–Crippen LogP) is -0.275. The zero-order valence-corrected chi connectivity index (χ0v) is 18.0. The number of anilines is 1. The third-order valence-corrected chi connectivity index (χ3v) is 9.65. The van der Waals surface area contributed by atoms with Gasteiger partial charge in [0, 0.05) is 0 Å². The summed E-state index contributed by atoms with van der Waals surface area (Å²) in [5, 5.41) is 20.8. The van der Waals surface area contributed by atoms with Gasteiger partial charge >= 0.3 is 23.5 Å². The first kappa shape index (κ1) is 22.9. The zero-order chi connectivity index (χ0) is 22.8. The van der Waals surface area contributed by atoms with E-state index in [-0.39, 0.29) is 17.0 Å². The van der Waals surface area contributed by atoms with Crippen LogP contribution in [0.5, 0.6) is 0 Å². The zero-order valence-electron chi connectivity index (χ0n) is 15.4. The van der Waals surface area contributed by atoms with E-state index in [0.717, 1.165) is 0 Å². The van der Waals surface area contributed by atoms with Crippen LogP contribution in [0.15, 0.2) is 6.33 Å². The van der Waals surface area contributed by atoms with E-state index < -0.39 is 54.6 Å². The van der Waals surface area contributed by atoms with Crippen LogP contribution in [0.1, 0.15) is 12.1 Å². The van der Waals surface area contributed by atoms with E-state index in [9.17, 15) is 33.7 Å². The van der Waals surface area contributed by atoms with Crippen LogP contribution in [0.25, 0.3) is 11.2 Å². The smallest absolute Gasteiger partial charge is 0.387 e. The van der Waals surface area contributed by atoms with Crippen LogP contribution >= 0.6 is 23.5 Å². The number of nitrogens with zero attached hydrogens (tertiary/aromatic N) is 4. The number of aromatic nitrogens is 4. The molecule has 4 rings (SSSR count). The molecule has 4 heterocycles. The number of phosphoric acid groups is 3. The number of nitrogens with two attached hydrogens (primary N) is 1. The van der Waals surface area contributed by atoms with Crippen LogP contribution in [-0.4, -0.2) is 64.4 Å². The molecule has 6 N–H and O–H groups in total. The Kier molecular flexibility index (Phi) is 5.62. The first-order valence-electron chi connectivity index (χ1n) is 8.32. The molecular weight excluding hydrogens is 487 g/mol. The van der Waals surface area contributed by atoms with Gasteiger partial charge in [-0.15, -0.1) is 0 Å². The molecule has 0 spiro atoms. The molecule has 0 aliphatic carbocycles. The molecule has 2 aromatic rings. The number of ether oxygens (including phenoxy) is 1. The first-order chi connectivity index (χ1) is 14.3. The molecule has 0 amide bonds. The van der Waals surface area contributed by atoms with Crippen LogP contribution < -0.4 is 5.73 Å². The largest absolute Gasteiger partial charge is 0.492 e. The van der Waals surface area contributed by atoms with E-state index in [0.29, 0.717) is 5.82 Å². The molecule has 20 heteroatoms. The minimum atomic E-state index is -5.23. The highest BCUT2D eigenvalue weighted by atomic mass is 31.3. The van der Waals surface area contributed by atoms with Crippen molar-refractivity contribution in [3.05, 3.63) is 12.2 Å². The van der Waals surface area contributed by atoms with E-state index in [1.54, 1.807) is 6.92 Å². The molecule has 6 atom stereocenters. The van der Waals surface area contributed by atoms with Gasteiger partial charge < -0.3 is 30.5 Å². The van der Waals surface area contributed by atoms with Gasteiger partial charge in [-0.25, -0.2) is 28.6 Å². The summed E-state index contributed by atoms with van der Waals surface area (Å²) >= 11 is 0. The Bertz CT molecular complexity index is 1140. The highest BCUT2D eigenvalue weighted by Gasteiger charge is 2.55. The minimum absolute atomic E-state index is 0.0774. The Labute approximate surface area is 172 Å². The van der Waals surface area contributed by atoms with Crippen molar-refractivity contribution in [1.82, 2.24) is 19.5 Å². The third kappa shape index (κ3) is 4.33. The van der Waals surface area contributed by atoms with Crippen molar-refractivity contribution in [2.24, 2.45) is 0 Å². The maximum absolute atomic E-state index is 12.3. The van der Waals surface area contributed by atoms with E-state index in [2.05, 4.69) is 27.9 Å². The normalized spacial score (nSPS) is 41.1. The van der Waals surface area contributed by atoms with Crippen molar-refractivity contribution >= 4 is 40.4 Å². The summed E-state index contributed by atoms with van der Waals surface area (Å²) in [6, 6.07) is 0. The third-order valence-electron chi connectivity index (χ3n) is 4.28. The Hall–Kier alpha value is -1.32. The second kappa shape index (κ2) is 7.63. The van der Waals surface area contributed by atoms with Gasteiger partial charge in [-0.05, 0) is 6.92 Å².